The minimum absolute atomic E-state index is 0.160. The number of nitrogens with one attached hydrogen (secondary N) is 2. The monoisotopic (exact) mass is 440 g/mol. The van der Waals surface area contributed by atoms with Crippen LogP contribution in [0.15, 0.2) is 72.8 Å². The number of carbonyl (C=O) groups is 2. The Kier molecular flexibility index (Phi) is 5.09. The number of carbonyl (C=O) groups excluding carboxylic acids is 2. The lowest BCUT2D eigenvalue weighted by Gasteiger charge is -2.33. The van der Waals surface area contributed by atoms with Crippen LogP contribution in [0.3, 0.4) is 0 Å². The number of hydrogen-bond donors (Lipinski definition) is 2. The third kappa shape index (κ3) is 3.82. The number of rotatable bonds is 5. The summed E-state index contributed by atoms with van der Waals surface area (Å²) in [6.45, 7) is 4.18. The molecule has 1 aliphatic rings. The Balaban J connectivity index is 1.39. The van der Waals surface area contributed by atoms with Crippen molar-refractivity contribution in [2.24, 2.45) is 0 Å². The number of aryl methyl sites for hydroxylation is 1. The normalized spacial score (nSPS) is 17.2. The fourth-order valence-corrected chi connectivity index (χ4v) is 4.02. The highest BCUT2D eigenvalue weighted by Gasteiger charge is 2.47. The first kappa shape index (κ1) is 20.8. The van der Waals surface area contributed by atoms with E-state index in [1.54, 1.807) is 6.07 Å². The van der Waals surface area contributed by atoms with Crippen LogP contribution in [0.1, 0.15) is 23.9 Å². The van der Waals surface area contributed by atoms with Gasteiger partial charge in [0, 0.05) is 6.54 Å². The lowest BCUT2D eigenvalue weighted by Crippen LogP contribution is -2.58. The van der Waals surface area contributed by atoms with Gasteiger partial charge in [-0.15, -0.1) is 0 Å². The SMILES string of the molecule is Cc1ccc2c(c1)NC(=O)C(C)(C(=O)NCc1nc3ccccc3n1Cc1ccccc1)O2. The van der Waals surface area contributed by atoms with E-state index in [0.29, 0.717) is 23.8 Å². The molecule has 2 N–H and O–H groups in total. The second-order valence-electron chi connectivity index (χ2n) is 8.36. The van der Waals surface area contributed by atoms with Gasteiger partial charge in [0.2, 0.25) is 0 Å². The molecular formula is C26H24N4O3. The Morgan fingerprint density at radius 3 is 2.67 bits per heavy atom. The molecule has 7 nitrogen and oxygen atoms in total. The summed E-state index contributed by atoms with van der Waals surface area (Å²) in [4.78, 5) is 30.6. The third-order valence-corrected chi connectivity index (χ3v) is 5.89. The topological polar surface area (TPSA) is 85.3 Å². The summed E-state index contributed by atoms with van der Waals surface area (Å²) in [6.07, 6.45) is 0. The molecule has 0 saturated heterocycles. The molecule has 7 heteroatoms. The lowest BCUT2D eigenvalue weighted by molar-refractivity contribution is -0.146. The maximum absolute atomic E-state index is 13.1. The first-order valence-electron chi connectivity index (χ1n) is 10.8. The molecule has 2 amide bonds. The Morgan fingerprint density at radius 2 is 1.85 bits per heavy atom. The summed E-state index contributed by atoms with van der Waals surface area (Å²) in [6, 6.07) is 23.4. The van der Waals surface area contributed by atoms with E-state index < -0.39 is 17.4 Å². The minimum atomic E-state index is -1.68. The molecule has 0 bridgehead atoms. The molecule has 33 heavy (non-hydrogen) atoms. The van der Waals surface area contributed by atoms with E-state index >= 15 is 0 Å². The van der Waals surface area contributed by atoms with Crippen LogP contribution < -0.4 is 15.4 Å². The smallest absolute Gasteiger partial charge is 0.278 e. The number of ether oxygens (including phenoxy) is 1. The first-order chi connectivity index (χ1) is 15.9. The van der Waals surface area contributed by atoms with Crippen molar-refractivity contribution in [1.29, 1.82) is 0 Å². The molecule has 2 heterocycles. The van der Waals surface area contributed by atoms with E-state index in [4.69, 9.17) is 9.72 Å². The number of anilines is 1. The molecule has 3 aromatic carbocycles. The molecule has 0 fully saturated rings. The van der Waals surface area contributed by atoms with E-state index in [0.717, 1.165) is 22.2 Å². The average molecular weight is 441 g/mol. The summed E-state index contributed by atoms with van der Waals surface area (Å²) in [5.74, 6) is 0.138. The summed E-state index contributed by atoms with van der Waals surface area (Å²) < 4.78 is 7.95. The Morgan fingerprint density at radius 1 is 1.09 bits per heavy atom. The zero-order chi connectivity index (χ0) is 23.0. The Hall–Kier alpha value is -4.13. The number of aromatic nitrogens is 2. The predicted octanol–water partition coefficient (Wildman–Crippen LogP) is 3.80. The van der Waals surface area contributed by atoms with Crippen molar-refractivity contribution in [1.82, 2.24) is 14.9 Å². The second-order valence-corrected chi connectivity index (χ2v) is 8.36. The molecule has 0 spiro atoms. The van der Waals surface area contributed by atoms with Crippen LogP contribution in [-0.4, -0.2) is 27.0 Å². The maximum Gasteiger partial charge on any atom is 0.278 e. The minimum Gasteiger partial charge on any atom is -0.466 e. The predicted molar refractivity (Wildman–Crippen MR) is 126 cm³/mol. The van der Waals surface area contributed by atoms with Crippen LogP contribution in [0.25, 0.3) is 11.0 Å². The van der Waals surface area contributed by atoms with Gasteiger partial charge in [-0.3, -0.25) is 9.59 Å². The first-order valence-corrected chi connectivity index (χ1v) is 10.8. The van der Waals surface area contributed by atoms with Gasteiger partial charge in [-0.1, -0.05) is 48.5 Å². The van der Waals surface area contributed by atoms with Gasteiger partial charge in [0.25, 0.3) is 17.4 Å². The van der Waals surface area contributed by atoms with Crippen molar-refractivity contribution in [2.45, 2.75) is 32.5 Å². The molecule has 1 atom stereocenters. The van der Waals surface area contributed by atoms with Crippen LogP contribution in [0.5, 0.6) is 5.75 Å². The summed E-state index contributed by atoms with van der Waals surface area (Å²) in [7, 11) is 0. The average Bonchev–Trinajstić information content (AvgIpc) is 3.16. The summed E-state index contributed by atoms with van der Waals surface area (Å²) >= 11 is 0. The van der Waals surface area contributed by atoms with Crippen LogP contribution in [-0.2, 0) is 22.7 Å². The molecule has 166 valence electrons. The van der Waals surface area contributed by atoms with E-state index in [-0.39, 0.29) is 6.54 Å². The largest absolute Gasteiger partial charge is 0.466 e. The molecule has 4 aromatic rings. The number of benzene rings is 3. The van der Waals surface area contributed by atoms with Crippen LogP contribution in [0.2, 0.25) is 0 Å². The number of fused-ring (bicyclic) bond motifs is 2. The van der Waals surface area contributed by atoms with Gasteiger partial charge in [0.05, 0.1) is 23.3 Å². The van der Waals surface area contributed by atoms with E-state index in [1.807, 2.05) is 61.5 Å². The van der Waals surface area contributed by atoms with Gasteiger partial charge >= 0.3 is 0 Å². The molecular weight excluding hydrogens is 416 g/mol. The quantitative estimate of drug-likeness (QED) is 0.463. The van der Waals surface area contributed by atoms with Gasteiger partial charge in [0.15, 0.2) is 0 Å². The van der Waals surface area contributed by atoms with Crippen molar-refractivity contribution < 1.29 is 14.3 Å². The van der Waals surface area contributed by atoms with Crippen molar-refractivity contribution in [3.05, 3.63) is 89.7 Å². The van der Waals surface area contributed by atoms with Crippen molar-refractivity contribution >= 4 is 28.5 Å². The molecule has 0 aliphatic carbocycles. The van der Waals surface area contributed by atoms with Crippen molar-refractivity contribution in [3.63, 3.8) is 0 Å². The number of imidazole rings is 1. The lowest BCUT2D eigenvalue weighted by atomic mass is 10.0. The van der Waals surface area contributed by atoms with Gasteiger partial charge in [-0.2, -0.15) is 0 Å². The van der Waals surface area contributed by atoms with E-state index in [1.165, 1.54) is 6.92 Å². The standard InChI is InChI=1S/C26H24N4O3/c1-17-12-13-22-20(14-17)29-25(32)26(2,33-22)24(31)27-15-23-28-19-10-6-7-11-21(19)30(23)16-18-8-4-3-5-9-18/h3-14H,15-16H2,1-2H3,(H,27,31)(H,29,32). The second kappa shape index (κ2) is 8.09. The molecule has 5 rings (SSSR count). The molecule has 1 aromatic heterocycles. The Bertz CT molecular complexity index is 1360. The van der Waals surface area contributed by atoms with Crippen LogP contribution >= 0.6 is 0 Å². The van der Waals surface area contributed by atoms with Crippen LogP contribution in [0, 0.1) is 6.92 Å². The highest BCUT2D eigenvalue weighted by molar-refractivity contribution is 6.15. The van der Waals surface area contributed by atoms with Gasteiger partial charge in [-0.05, 0) is 49.2 Å². The van der Waals surface area contributed by atoms with E-state index in [9.17, 15) is 9.59 Å². The summed E-state index contributed by atoms with van der Waals surface area (Å²) in [5.41, 5.74) is 2.83. The molecule has 0 radical (unpaired) electrons. The number of nitrogens with zero attached hydrogens (tertiary/aromatic N) is 2. The van der Waals surface area contributed by atoms with Gasteiger partial charge in [0.1, 0.15) is 11.6 Å². The van der Waals surface area contributed by atoms with Crippen LogP contribution in [0.4, 0.5) is 5.69 Å². The highest BCUT2D eigenvalue weighted by atomic mass is 16.5. The number of amides is 2. The number of hydrogen-bond acceptors (Lipinski definition) is 4. The fourth-order valence-electron chi connectivity index (χ4n) is 4.02. The maximum atomic E-state index is 13.1. The molecule has 0 saturated carbocycles. The number of para-hydroxylation sites is 2. The fraction of sp³-hybridized carbons (Fsp3) is 0.192. The zero-order valence-corrected chi connectivity index (χ0v) is 18.5. The zero-order valence-electron chi connectivity index (χ0n) is 18.5. The van der Waals surface area contributed by atoms with E-state index in [2.05, 4.69) is 27.3 Å². The van der Waals surface area contributed by atoms with Gasteiger partial charge < -0.3 is 19.9 Å². The Labute approximate surface area is 191 Å². The summed E-state index contributed by atoms with van der Waals surface area (Å²) in [5, 5.41) is 5.65. The molecule has 1 aliphatic heterocycles. The van der Waals surface area contributed by atoms with Gasteiger partial charge in [-0.25, -0.2) is 4.98 Å². The molecule has 1 unspecified atom stereocenters. The van der Waals surface area contributed by atoms with Crippen molar-refractivity contribution in [2.75, 3.05) is 5.32 Å². The van der Waals surface area contributed by atoms with Crippen molar-refractivity contribution in [3.8, 4) is 5.75 Å². The third-order valence-electron chi connectivity index (χ3n) is 5.89. The highest BCUT2D eigenvalue weighted by Crippen LogP contribution is 2.34.